The van der Waals surface area contributed by atoms with Crippen molar-refractivity contribution in [2.24, 2.45) is 0 Å². The third kappa shape index (κ3) is 7.18. The maximum atomic E-state index is 12.0. The van der Waals surface area contributed by atoms with E-state index in [4.69, 9.17) is 14.2 Å². The number of rotatable bonds is 7. The van der Waals surface area contributed by atoms with Crippen molar-refractivity contribution in [3.05, 3.63) is 65.7 Å². The zero-order valence-electron chi connectivity index (χ0n) is 17.6. The number of carbonyl (C=O) groups is 1. The molecule has 5 nitrogen and oxygen atoms in total. The van der Waals surface area contributed by atoms with Gasteiger partial charge in [-0.2, -0.15) is 0 Å². The number of morpholine rings is 1. The van der Waals surface area contributed by atoms with Gasteiger partial charge in [0.1, 0.15) is 18.0 Å². The van der Waals surface area contributed by atoms with Crippen molar-refractivity contribution < 1.29 is 19.0 Å². The normalized spacial score (nSPS) is 17.7. The van der Waals surface area contributed by atoms with Gasteiger partial charge in [-0.3, -0.25) is 9.69 Å². The molecule has 1 fully saturated rings. The molecule has 1 unspecified atom stereocenters. The van der Waals surface area contributed by atoms with E-state index in [9.17, 15) is 4.79 Å². The predicted octanol–water partition coefficient (Wildman–Crippen LogP) is 4.37. The quantitative estimate of drug-likeness (QED) is 0.649. The average molecular weight is 398 g/mol. The Morgan fingerprint density at radius 2 is 1.83 bits per heavy atom. The Labute approximate surface area is 173 Å². The van der Waals surface area contributed by atoms with E-state index in [0.29, 0.717) is 26.2 Å². The van der Waals surface area contributed by atoms with Crippen LogP contribution in [0.25, 0.3) is 0 Å². The third-order valence-corrected chi connectivity index (χ3v) is 4.70. The molecular weight excluding hydrogens is 366 g/mol. The van der Waals surface area contributed by atoms with Gasteiger partial charge in [0.15, 0.2) is 0 Å². The minimum atomic E-state index is -0.436. The monoisotopic (exact) mass is 397 g/mol. The zero-order valence-corrected chi connectivity index (χ0v) is 17.6. The Balaban J connectivity index is 1.48. The van der Waals surface area contributed by atoms with E-state index < -0.39 is 5.60 Å². The van der Waals surface area contributed by atoms with E-state index in [2.05, 4.69) is 29.2 Å². The summed E-state index contributed by atoms with van der Waals surface area (Å²) in [6, 6.07) is 18.2. The van der Waals surface area contributed by atoms with E-state index in [1.54, 1.807) is 0 Å². The second kappa shape index (κ2) is 9.90. The van der Waals surface area contributed by atoms with Crippen LogP contribution in [0.15, 0.2) is 54.6 Å². The van der Waals surface area contributed by atoms with Gasteiger partial charge in [-0.15, -0.1) is 0 Å². The maximum Gasteiger partial charge on any atom is 0.307 e. The topological polar surface area (TPSA) is 48.0 Å². The third-order valence-electron chi connectivity index (χ3n) is 4.70. The summed E-state index contributed by atoms with van der Waals surface area (Å²) < 4.78 is 17.2. The van der Waals surface area contributed by atoms with Gasteiger partial charge in [-0.05, 0) is 44.0 Å². The highest BCUT2D eigenvalue weighted by atomic mass is 16.6. The van der Waals surface area contributed by atoms with Crippen molar-refractivity contribution in [3.8, 4) is 5.75 Å². The first-order chi connectivity index (χ1) is 13.9. The van der Waals surface area contributed by atoms with E-state index in [0.717, 1.165) is 30.0 Å². The van der Waals surface area contributed by atoms with Gasteiger partial charge in [-0.25, -0.2) is 0 Å². The highest BCUT2D eigenvalue weighted by molar-refractivity contribution is 5.70. The molecule has 5 heteroatoms. The average Bonchev–Trinajstić information content (AvgIpc) is 2.71. The van der Waals surface area contributed by atoms with Crippen LogP contribution in [0.4, 0.5) is 0 Å². The Morgan fingerprint density at radius 1 is 1.10 bits per heavy atom. The maximum absolute atomic E-state index is 12.0. The van der Waals surface area contributed by atoms with Crippen LogP contribution < -0.4 is 4.74 Å². The molecule has 156 valence electrons. The standard InChI is InChI=1S/C24H31NO4/c1-24(2,3)29-23(26)13-14-25-15-16-27-22(17-25)20-9-11-21(12-10-20)28-18-19-7-5-4-6-8-19/h4-12,22H,13-18H2,1-3H3. The van der Waals surface area contributed by atoms with Gasteiger partial charge < -0.3 is 14.2 Å². The molecule has 0 bridgehead atoms. The van der Waals surface area contributed by atoms with Crippen LogP contribution in [0.1, 0.15) is 44.4 Å². The van der Waals surface area contributed by atoms with Gasteiger partial charge in [-0.1, -0.05) is 42.5 Å². The van der Waals surface area contributed by atoms with Crippen molar-refractivity contribution in [1.29, 1.82) is 0 Å². The zero-order chi connectivity index (χ0) is 20.7. The second-order valence-corrected chi connectivity index (χ2v) is 8.34. The summed E-state index contributed by atoms with van der Waals surface area (Å²) in [4.78, 5) is 14.2. The molecule has 0 radical (unpaired) electrons. The number of benzene rings is 2. The number of hydrogen-bond acceptors (Lipinski definition) is 5. The van der Waals surface area contributed by atoms with Gasteiger partial charge in [0.05, 0.1) is 19.1 Å². The molecule has 0 N–H and O–H groups in total. The van der Waals surface area contributed by atoms with Crippen LogP contribution in [0.5, 0.6) is 5.75 Å². The first-order valence-electron chi connectivity index (χ1n) is 10.2. The van der Waals surface area contributed by atoms with Crippen molar-refractivity contribution >= 4 is 5.97 Å². The van der Waals surface area contributed by atoms with Crippen LogP contribution >= 0.6 is 0 Å². The summed E-state index contributed by atoms with van der Waals surface area (Å²) in [5.41, 5.74) is 1.83. The summed E-state index contributed by atoms with van der Waals surface area (Å²) in [6.45, 7) is 9.18. The molecule has 3 rings (SSSR count). The van der Waals surface area contributed by atoms with Gasteiger partial charge in [0, 0.05) is 19.6 Å². The fourth-order valence-corrected chi connectivity index (χ4v) is 3.27. The first-order valence-corrected chi connectivity index (χ1v) is 10.2. The van der Waals surface area contributed by atoms with Gasteiger partial charge in [0.25, 0.3) is 0 Å². The van der Waals surface area contributed by atoms with Crippen LogP contribution in [-0.2, 0) is 20.9 Å². The molecule has 0 spiro atoms. The number of hydrogen-bond donors (Lipinski definition) is 0. The minimum Gasteiger partial charge on any atom is -0.489 e. The molecule has 2 aromatic rings. The summed E-state index contributed by atoms with van der Waals surface area (Å²) in [6.07, 6.45) is 0.404. The molecule has 2 aromatic carbocycles. The summed E-state index contributed by atoms with van der Waals surface area (Å²) >= 11 is 0. The van der Waals surface area contributed by atoms with E-state index in [1.165, 1.54) is 0 Å². The fraction of sp³-hybridized carbons (Fsp3) is 0.458. The Bertz CT molecular complexity index is 768. The molecule has 0 saturated carbocycles. The smallest absolute Gasteiger partial charge is 0.307 e. The predicted molar refractivity (Wildman–Crippen MR) is 113 cm³/mol. The highest BCUT2D eigenvalue weighted by Gasteiger charge is 2.23. The van der Waals surface area contributed by atoms with Crippen LogP contribution in [-0.4, -0.2) is 42.7 Å². The lowest BCUT2D eigenvalue weighted by Gasteiger charge is -2.33. The van der Waals surface area contributed by atoms with Crippen molar-refractivity contribution in [2.75, 3.05) is 26.2 Å². The number of esters is 1. The second-order valence-electron chi connectivity index (χ2n) is 8.34. The van der Waals surface area contributed by atoms with E-state index in [-0.39, 0.29) is 12.1 Å². The molecule has 1 aliphatic rings. The summed E-state index contributed by atoms with van der Waals surface area (Å²) in [5, 5.41) is 0. The van der Waals surface area contributed by atoms with E-state index in [1.807, 2.05) is 51.1 Å². The molecule has 1 saturated heterocycles. The molecule has 1 atom stereocenters. The molecule has 1 heterocycles. The van der Waals surface area contributed by atoms with Crippen LogP contribution in [0.3, 0.4) is 0 Å². The molecule has 0 amide bonds. The van der Waals surface area contributed by atoms with Gasteiger partial charge in [0.2, 0.25) is 0 Å². The lowest BCUT2D eigenvalue weighted by Crippen LogP contribution is -2.39. The number of carbonyl (C=O) groups excluding carboxylic acids is 1. The molecule has 0 aliphatic carbocycles. The molecule has 29 heavy (non-hydrogen) atoms. The van der Waals surface area contributed by atoms with Crippen LogP contribution in [0.2, 0.25) is 0 Å². The number of ether oxygens (including phenoxy) is 3. The Kier molecular flexibility index (Phi) is 7.29. The lowest BCUT2D eigenvalue weighted by atomic mass is 10.1. The van der Waals surface area contributed by atoms with Crippen LogP contribution in [0, 0.1) is 0 Å². The lowest BCUT2D eigenvalue weighted by molar-refractivity contribution is -0.155. The van der Waals surface area contributed by atoms with Crippen molar-refractivity contribution in [2.45, 2.75) is 45.5 Å². The van der Waals surface area contributed by atoms with Crippen molar-refractivity contribution in [3.63, 3.8) is 0 Å². The SMILES string of the molecule is CC(C)(C)OC(=O)CCN1CCOC(c2ccc(OCc3ccccc3)cc2)C1. The van der Waals surface area contributed by atoms with E-state index >= 15 is 0 Å². The number of nitrogens with zero attached hydrogens (tertiary/aromatic N) is 1. The van der Waals surface area contributed by atoms with Crippen molar-refractivity contribution in [1.82, 2.24) is 4.90 Å². The fourth-order valence-electron chi connectivity index (χ4n) is 3.27. The minimum absolute atomic E-state index is 0.00515. The Hall–Kier alpha value is -2.37. The highest BCUT2D eigenvalue weighted by Crippen LogP contribution is 2.25. The summed E-state index contributed by atoms with van der Waals surface area (Å²) in [7, 11) is 0. The first kappa shape index (κ1) is 21.3. The van der Waals surface area contributed by atoms with Gasteiger partial charge >= 0.3 is 5.97 Å². The molecule has 0 aromatic heterocycles. The molecule has 1 aliphatic heterocycles. The Morgan fingerprint density at radius 3 is 2.52 bits per heavy atom. The summed E-state index contributed by atoms with van der Waals surface area (Å²) in [5.74, 6) is 0.690. The largest absolute Gasteiger partial charge is 0.489 e. The molecular formula is C24H31NO4.